The molecule has 96 valence electrons. The number of hydrogen-bond acceptors (Lipinski definition) is 2. The fourth-order valence-corrected chi connectivity index (χ4v) is 2.30. The number of fused-ring (bicyclic) bond motifs is 1. The second-order valence-electron chi connectivity index (χ2n) is 5.85. The summed E-state index contributed by atoms with van der Waals surface area (Å²) in [6.45, 7) is 5.77. The Kier molecular flexibility index (Phi) is 3.24. The lowest BCUT2D eigenvalue weighted by atomic mass is 9.82. The average Bonchev–Trinajstić information content (AvgIpc) is 2.27. The Bertz CT molecular complexity index is 486. The molecule has 0 fully saturated rings. The van der Waals surface area contributed by atoms with Crippen molar-refractivity contribution < 1.29 is 9.59 Å². The van der Waals surface area contributed by atoms with Crippen LogP contribution in [0.4, 0.5) is 0 Å². The van der Waals surface area contributed by atoms with Crippen LogP contribution >= 0.6 is 0 Å². The van der Waals surface area contributed by atoms with E-state index in [0.717, 1.165) is 12.0 Å². The SMILES string of the molecule is CC(C)(C)NC(=O)C1CCc2ccccc2C1=O. The summed E-state index contributed by atoms with van der Waals surface area (Å²) in [5, 5.41) is 2.89. The van der Waals surface area contributed by atoms with Gasteiger partial charge in [-0.15, -0.1) is 0 Å². The highest BCUT2D eigenvalue weighted by molar-refractivity contribution is 6.11. The lowest BCUT2D eigenvalue weighted by molar-refractivity contribution is -0.125. The molecule has 1 aliphatic rings. The number of carbonyl (C=O) groups excluding carboxylic acids is 2. The summed E-state index contributed by atoms with van der Waals surface area (Å²) in [5.41, 5.74) is 1.47. The summed E-state index contributed by atoms with van der Waals surface area (Å²) in [5.74, 6) is -0.722. The molecule has 1 N–H and O–H groups in total. The van der Waals surface area contributed by atoms with Gasteiger partial charge in [0, 0.05) is 11.1 Å². The molecule has 0 saturated carbocycles. The molecule has 1 aromatic carbocycles. The van der Waals surface area contributed by atoms with Gasteiger partial charge in [-0.2, -0.15) is 0 Å². The van der Waals surface area contributed by atoms with Gasteiger partial charge in [-0.25, -0.2) is 0 Å². The Hall–Kier alpha value is -1.64. The largest absolute Gasteiger partial charge is 0.351 e. The smallest absolute Gasteiger partial charge is 0.231 e. The predicted octanol–water partition coefficient (Wildman–Crippen LogP) is 2.35. The van der Waals surface area contributed by atoms with Gasteiger partial charge in [-0.1, -0.05) is 24.3 Å². The van der Waals surface area contributed by atoms with Crippen LogP contribution in [0.2, 0.25) is 0 Å². The number of amides is 1. The number of aryl methyl sites for hydroxylation is 1. The van der Waals surface area contributed by atoms with Crippen LogP contribution in [-0.2, 0) is 11.2 Å². The molecular formula is C15H19NO2. The number of Topliss-reactive ketones (excluding diaryl/α,β-unsaturated/α-hetero) is 1. The van der Waals surface area contributed by atoms with Crippen molar-refractivity contribution in [2.75, 3.05) is 0 Å². The summed E-state index contributed by atoms with van der Waals surface area (Å²) in [6, 6.07) is 7.56. The summed E-state index contributed by atoms with van der Waals surface area (Å²) in [4.78, 5) is 24.4. The Morgan fingerprint density at radius 1 is 1.28 bits per heavy atom. The predicted molar refractivity (Wildman–Crippen MR) is 70.5 cm³/mol. The molecule has 1 aromatic rings. The number of ketones is 1. The van der Waals surface area contributed by atoms with Crippen molar-refractivity contribution >= 4 is 11.7 Å². The minimum atomic E-state index is -0.529. The van der Waals surface area contributed by atoms with Gasteiger partial charge in [0.2, 0.25) is 5.91 Å². The quantitative estimate of drug-likeness (QED) is 0.772. The maximum absolute atomic E-state index is 12.3. The number of hydrogen-bond donors (Lipinski definition) is 1. The minimum absolute atomic E-state index is 0.0430. The second kappa shape index (κ2) is 4.56. The van der Waals surface area contributed by atoms with Gasteiger partial charge in [0.05, 0.1) is 0 Å². The van der Waals surface area contributed by atoms with Crippen molar-refractivity contribution in [3.8, 4) is 0 Å². The molecule has 0 saturated heterocycles. The molecule has 0 aliphatic heterocycles. The Balaban J connectivity index is 2.19. The van der Waals surface area contributed by atoms with Crippen LogP contribution in [0.15, 0.2) is 24.3 Å². The topological polar surface area (TPSA) is 46.2 Å². The van der Waals surface area contributed by atoms with E-state index >= 15 is 0 Å². The molecule has 1 atom stereocenters. The van der Waals surface area contributed by atoms with E-state index in [9.17, 15) is 9.59 Å². The zero-order valence-corrected chi connectivity index (χ0v) is 11.1. The lowest BCUT2D eigenvalue weighted by Gasteiger charge is -2.27. The Labute approximate surface area is 108 Å². The first-order valence-electron chi connectivity index (χ1n) is 6.32. The van der Waals surface area contributed by atoms with Gasteiger partial charge in [0.25, 0.3) is 0 Å². The van der Waals surface area contributed by atoms with E-state index < -0.39 is 5.92 Å². The molecular weight excluding hydrogens is 226 g/mol. The van der Waals surface area contributed by atoms with Gasteiger partial charge in [0.15, 0.2) is 5.78 Å². The van der Waals surface area contributed by atoms with Crippen LogP contribution < -0.4 is 5.32 Å². The highest BCUT2D eigenvalue weighted by Crippen LogP contribution is 2.25. The third kappa shape index (κ3) is 2.61. The number of carbonyl (C=O) groups is 2. The van der Waals surface area contributed by atoms with Crippen molar-refractivity contribution in [1.29, 1.82) is 0 Å². The van der Waals surface area contributed by atoms with E-state index in [2.05, 4.69) is 5.32 Å². The molecule has 2 rings (SSSR count). The Morgan fingerprint density at radius 2 is 1.94 bits per heavy atom. The second-order valence-corrected chi connectivity index (χ2v) is 5.85. The average molecular weight is 245 g/mol. The highest BCUT2D eigenvalue weighted by Gasteiger charge is 2.33. The number of nitrogens with one attached hydrogen (secondary N) is 1. The summed E-state index contributed by atoms with van der Waals surface area (Å²) >= 11 is 0. The Morgan fingerprint density at radius 3 is 2.61 bits per heavy atom. The van der Waals surface area contributed by atoms with Crippen molar-refractivity contribution in [1.82, 2.24) is 5.32 Å². The van der Waals surface area contributed by atoms with Crippen LogP contribution in [0.5, 0.6) is 0 Å². The van der Waals surface area contributed by atoms with Crippen LogP contribution in [0, 0.1) is 5.92 Å². The zero-order chi connectivity index (χ0) is 13.3. The maximum atomic E-state index is 12.3. The normalized spacial score (nSPS) is 19.3. The van der Waals surface area contributed by atoms with Crippen LogP contribution in [0.1, 0.15) is 43.1 Å². The summed E-state index contributed by atoms with van der Waals surface area (Å²) in [6.07, 6.45) is 1.40. The summed E-state index contributed by atoms with van der Waals surface area (Å²) < 4.78 is 0. The van der Waals surface area contributed by atoms with Crippen molar-refractivity contribution in [2.45, 2.75) is 39.2 Å². The minimum Gasteiger partial charge on any atom is -0.351 e. The first-order valence-corrected chi connectivity index (χ1v) is 6.32. The van der Waals surface area contributed by atoms with Gasteiger partial charge < -0.3 is 5.32 Å². The van der Waals surface area contributed by atoms with Crippen LogP contribution in [-0.4, -0.2) is 17.2 Å². The molecule has 18 heavy (non-hydrogen) atoms. The molecule has 0 aromatic heterocycles. The molecule has 0 bridgehead atoms. The first-order chi connectivity index (χ1) is 8.38. The van der Waals surface area contributed by atoms with Crippen molar-refractivity contribution in [3.63, 3.8) is 0 Å². The van der Waals surface area contributed by atoms with Gasteiger partial charge in [-0.3, -0.25) is 9.59 Å². The van der Waals surface area contributed by atoms with Gasteiger partial charge in [0.1, 0.15) is 5.92 Å². The van der Waals surface area contributed by atoms with Crippen molar-refractivity contribution in [2.24, 2.45) is 5.92 Å². The highest BCUT2D eigenvalue weighted by atomic mass is 16.2. The standard InChI is InChI=1S/C15H19NO2/c1-15(2,3)16-14(18)12-9-8-10-6-4-5-7-11(10)13(12)17/h4-7,12H,8-9H2,1-3H3,(H,16,18). The number of rotatable bonds is 1. The van der Waals surface area contributed by atoms with Gasteiger partial charge in [-0.05, 0) is 39.2 Å². The van der Waals surface area contributed by atoms with E-state index in [1.807, 2.05) is 45.0 Å². The lowest BCUT2D eigenvalue weighted by Crippen LogP contribution is -2.46. The molecule has 0 heterocycles. The molecule has 1 unspecified atom stereocenters. The van der Waals surface area contributed by atoms with Gasteiger partial charge >= 0.3 is 0 Å². The molecule has 1 aliphatic carbocycles. The van der Waals surface area contributed by atoms with E-state index in [0.29, 0.717) is 12.0 Å². The van der Waals surface area contributed by atoms with E-state index in [1.54, 1.807) is 0 Å². The third-order valence-corrected chi connectivity index (χ3v) is 3.12. The van der Waals surface area contributed by atoms with E-state index in [4.69, 9.17) is 0 Å². The van der Waals surface area contributed by atoms with Crippen molar-refractivity contribution in [3.05, 3.63) is 35.4 Å². The molecule has 0 radical (unpaired) electrons. The summed E-state index contributed by atoms with van der Waals surface area (Å²) in [7, 11) is 0. The van der Waals surface area contributed by atoms with E-state index in [1.165, 1.54) is 0 Å². The monoisotopic (exact) mass is 245 g/mol. The van der Waals surface area contributed by atoms with Crippen LogP contribution in [0.25, 0.3) is 0 Å². The first kappa shape index (κ1) is 12.8. The van der Waals surface area contributed by atoms with E-state index in [-0.39, 0.29) is 17.2 Å². The fraction of sp³-hybridized carbons (Fsp3) is 0.467. The molecule has 0 spiro atoms. The molecule has 3 heteroatoms. The fourth-order valence-electron chi connectivity index (χ4n) is 2.30. The molecule has 3 nitrogen and oxygen atoms in total. The third-order valence-electron chi connectivity index (χ3n) is 3.12. The maximum Gasteiger partial charge on any atom is 0.231 e. The van der Waals surface area contributed by atoms with Crippen LogP contribution in [0.3, 0.4) is 0 Å². The zero-order valence-electron chi connectivity index (χ0n) is 11.1. The molecule has 1 amide bonds. The number of benzene rings is 1.